The van der Waals surface area contributed by atoms with Crippen LogP contribution in [0.2, 0.25) is 0 Å². The topological polar surface area (TPSA) is 118 Å². The van der Waals surface area contributed by atoms with Crippen LogP contribution in [0.4, 0.5) is 10.5 Å². The zero-order chi connectivity index (χ0) is 16.5. The van der Waals surface area contributed by atoms with Gasteiger partial charge in [0.05, 0.1) is 11.2 Å². The molecule has 0 spiro atoms. The smallest absolute Gasteiger partial charge is 0.272 e. The highest BCUT2D eigenvalue weighted by molar-refractivity contribution is 7.88. The molecule has 0 saturated carbocycles. The minimum atomic E-state index is -3.77. The Balaban J connectivity index is 2.04. The van der Waals surface area contributed by atoms with Gasteiger partial charge in [0.25, 0.3) is 11.6 Å². The first-order chi connectivity index (χ1) is 10.2. The second-order valence-electron chi connectivity index (χ2n) is 4.77. The van der Waals surface area contributed by atoms with Crippen molar-refractivity contribution in [1.82, 2.24) is 9.21 Å². The SMILES string of the molecule is CS(=O)(=O)N1CC(=O)N(CCc2ccc([N+](=O)[O-])cc2)C1=O. The fraction of sp³-hybridized carbons (Fsp3) is 0.333. The van der Waals surface area contributed by atoms with E-state index < -0.39 is 33.4 Å². The third-order valence-corrected chi connectivity index (χ3v) is 4.28. The molecule has 10 heteroatoms. The van der Waals surface area contributed by atoms with E-state index in [1.165, 1.54) is 24.3 Å². The summed E-state index contributed by atoms with van der Waals surface area (Å²) in [7, 11) is -3.77. The standard InChI is InChI=1S/C12H13N3O6S/c1-22(20,21)14-8-11(16)13(12(14)17)7-6-9-2-4-10(5-3-9)15(18)19/h2-5H,6-8H2,1H3. The van der Waals surface area contributed by atoms with Crippen LogP contribution in [-0.2, 0) is 21.2 Å². The highest BCUT2D eigenvalue weighted by Crippen LogP contribution is 2.16. The second kappa shape index (κ2) is 5.72. The summed E-state index contributed by atoms with van der Waals surface area (Å²) in [4.78, 5) is 34.5. The minimum absolute atomic E-state index is 0.0154. The molecule has 1 aliphatic rings. The van der Waals surface area contributed by atoms with Crippen LogP contribution in [-0.4, -0.2) is 53.8 Å². The Morgan fingerprint density at radius 2 is 1.82 bits per heavy atom. The molecular formula is C12H13N3O6S. The summed E-state index contributed by atoms with van der Waals surface area (Å²) in [5.41, 5.74) is 0.643. The summed E-state index contributed by atoms with van der Waals surface area (Å²) in [5.74, 6) is -0.586. The Bertz CT molecular complexity index is 728. The predicted octanol–water partition coefficient (Wildman–Crippen LogP) is 0.361. The molecule has 1 heterocycles. The van der Waals surface area contributed by atoms with Gasteiger partial charge >= 0.3 is 6.03 Å². The van der Waals surface area contributed by atoms with Crippen molar-refractivity contribution < 1.29 is 22.9 Å². The molecule has 0 N–H and O–H groups in total. The molecule has 1 fully saturated rings. The molecular weight excluding hydrogens is 314 g/mol. The van der Waals surface area contributed by atoms with Gasteiger partial charge in [-0.2, -0.15) is 0 Å². The highest BCUT2D eigenvalue weighted by Gasteiger charge is 2.40. The highest BCUT2D eigenvalue weighted by atomic mass is 32.2. The number of nitrogens with zero attached hydrogens (tertiary/aromatic N) is 3. The van der Waals surface area contributed by atoms with Gasteiger partial charge in [0.1, 0.15) is 6.54 Å². The van der Waals surface area contributed by atoms with Crippen molar-refractivity contribution in [3.05, 3.63) is 39.9 Å². The van der Waals surface area contributed by atoms with Crippen molar-refractivity contribution in [2.45, 2.75) is 6.42 Å². The number of rotatable bonds is 5. The van der Waals surface area contributed by atoms with E-state index in [4.69, 9.17) is 0 Å². The van der Waals surface area contributed by atoms with Crippen LogP contribution in [0.25, 0.3) is 0 Å². The largest absolute Gasteiger partial charge is 0.340 e. The van der Waals surface area contributed by atoms with Gasteiger partial charge in [0, 0.05) is 18.7 Å². The van der Waals surface area contributed by atoms with Crippen LogP contribution in [0, 0.1) is 10.1 Å². The zero-order valence-corrected chi connectivity index (χ0v) is 12.4. The second-order valence-corrected chi connectivity index (χ2v) is 6.68. The number of urea groups is 1. The molecule has 22 heavy (non-hydrogen) atoms. The molecule has 0 atom stereocenters. The Kier molecular flexibility index (Phi) is 4.13. The van der Waals surface area contributed by atoms with Gasteiger partial charge in [0.2, 0.25) is 10.0 Å². The van der Waals surface area contributed by atoms with Crippen molar-refractivity contribution in [3.8, 4) is 0 Å². The van der Waals surface area contributed by atoms with Crippen LogP contribution >= 0.6 is 0 Å². The van der Waals surface area contributed by atoms with E-state index in [0.29, 0.717) is 9.87 Å². The lowest BCUT2D eigenvalue weighted by molar-refractivity contribution is -0.384. The number of sulfonamides is 1. The molecule has 0 bridgehead atoms. The quantitative estimate of drug-likeness (QED) is 0.438. The van der Waals surface area contributed by atoms with Crippen molar-refractivity contribution in [2.24, 2.45) is 0 Å². The lowest BCUT2D eigenvalue weighted by Crippen LogP contribution is -2.36. The number of hydrogen-bond acceptors (Lipinski definition) is 6. The average Bonchev–Trinajstić information content (AvgIpc) is 2.72. The van der Waals surface area contributed by atoms with Crippen LogP contribution in [0.15, 0.2) is 24.3 Å². The molecule has 1 aliphatic heterocycles. The lowest BCUT2D eigenvalue weighted by Gasteiger charge is -2.15. The Labute approximate surface area is 126 Å². The summed E-state index contributed by atoms with van der Waals surface area (Å²) in [6.07, 6.45) is 1.14. The maximum Gasteiger partial charge on any atom is 0.340 e. The maximum absolute atomic E-state index is 11.9. The zero-order valence-electron chi connectivity index (χ0n) is 11.6. The predicted molar refractivity (Wildman–Crippen MR) is 75.5 cm³/mol. The Morgan fingerprint density at radius 1 is 1.23 bits per heavy atom. The lowest BCUT2D eigenvalue weighted by atomic mass is 10.1. The van der Waals surface area contributed by atoms with Crippen molar-refractivity contribution >= 4 is 27.6 Å². The number of carbonyl (C=O) groups excluding carboxylic acids is 2. The molecule has 1 aromatic carbocycles. The first kappa shape index (κ1) is 15.9. The molecule has 0 aliphatic carbocycles. The fourth-order valence-electron chi connectivity index (χ4n) is 2.02. The maximum atomic E-state index is 11.9. The average molecular weight is 327 g/mol. The van der Waals surface area contributed by atoms with Crippen LogP contribution in [0.5, 0.6) is 0 Å². The minimum Gasteiger partial charge on any atom is -0.272 e. The van der Waals surface area contributed by atoms with E-state index in [2.05, 4.69) is 0 Å². The van der Waals surface area contributed by atoms with Gasteiger partial charge in [-0.25, -0.2) is 17.5 Å². The van der Waals surface area contributed by atoms with E-state index in [9.17, 15) is 28.1 Å². The molecule has 1 saturated heterocycles. The number of amides is 3. The first-order valence-corrected chi connectivity index (χ1v) is 8.10. The molecule has 0 radical (unpaired) electrons. The van der Waals surface area contributed by atoms with E-state index in [1.54, 1.807) is 0 Å². The van der Waals surface area contributed by atoms with Gasteiger partial charge in [0.15, 0.2) is 0 Å². The van der Waals surface area contributed by atoms with Gasteiger partial charge in [-0.05, 0) is 12.0 Å². The van der Waals surface area contributed by atoms with Crippen molar-refractivity contribution in [2.75, 3.05) is 19.3 Å². The molecule has 9 nitrogen and oxygen atoms in total. The molecule has 2 rings (SSSR count). The number of carbonyl (C=O) groups is 2. The number of hydrogen-bond donors (Lipinski definition) is 0. The number of imide groups is 1. The van der Waals surface area contributed by atoms with Crippen LogP contribution in [0.1, 0.15) is 5.56 Å². The Hall–Kier alpha value is -2.49. The van der Waals surface area contributed by atoms with E-state index >= 15 is 0 Å². The monoisotopic (exact) mass is 327 g/mol. The van der Waals surface area contributed by atoms with Gasteiger partial charge < -0.3 is 0 Å². The summed E-state index contributed by atoms with van der Waals surface area (Å²) in [6.45, 7) is -0.473. The van der Waals surface area contributed by atoms with E-state index in [1.807, 2.05) is 0 Å². The third kappa shape index (κ3) is 3.22. The van der Waals surface area contributed by atoms with Crippen LogP contribution < -0.4 is 0 Å². The molecule has 0 unspecified atom stereocenters. The van der Waals surface area contributed by atoms with Gasteiger partial charge in [-0.3, -0.25) is 19.8 Å². The summed E-state index contributed by atoms with van der Waals surface area (Å²) < 4.78 is 23.3. The van der Waals surface area contributed by atoms with Crippen molar-refractivity contribution in [1.29, 1.82) is 0 Å². The fourth-order valence-corrected chi connectivity index (χ4v) is 2.75. The van der Waals surface area contributed by atoms with Gasteiger partial charge in [-0.1, -0.05) is 12.1 Å². The van der Waals surface area contributed by atoms with Crippen molar-refractivity contribution in [3.63, 3.8) is 0 Å². The van der Waals surface area contributed by atoms with E-state index in [-0.39, 0.29) is 18.7 Å². The number of benzene rings is 1. The van der Waals surface area contributed by atoms with Crippen LogP contribution in [0.3, 0.4) is 0 Å². The summed E-state index contributed by atoms with van der Waals surface area (Å²) in [6, 6.07) is 4.83. The molecule has 0 aromatic heterocycles. The molecule has 1 aromatic rings. The summed E-state index contributed by atoms with van der Waals surface area (Å²) >= 11 is 0. The molecule has 3 amide bonds. The normalized spacial score (nSPS) is 15.5. The molecule has 118 valence electrons. The Morgan fingerprint density at radius 3 is 2.27 bits per heavy atom. The summed E-state index contributed by atoms with van der Waals surface area (Å²) in [5, 5.41) is 10.5. The van der Waals surface area contributed by atoms with E-state index in [0.717, 1.165) is 11.2 Å². The first-order valence-electron chi connectivity index (χ1n) is 6.25. The number of nitro groups is 1. The number of non-ortho nitro benzene ring substituents is 1. The third-order valence-electron chi connectivity index (χ3n) is 3.20. The van der Waals surface area contributed by atoms with Gasteiger partial charge in [-0.15, -0.1) is 0 Å². The number of nitro benzene ring substituents is 1.